The second-order valence-electron chi connectivity index (χ2n) is 6.72. The summed E-state index contributed by atoms with van der Waals surface area (Å²) in [6.45, 7) is 0. The van der Waals surface area contributed by atoms with Crippen molar-refractivity contribution in [1.82, 2.24) is 9.97 Å². The van der Waals surface area contributed by atoms with Crippen LogP contribution < -0.4 is 0 Å². The molecule has 0 atom stereocenters. The Labute approximate surface area is 210 Å². The number of benzene rings is 3. The van der Waals surface area contributed by atoms with Crippen molar-refractivity contribution in [3.05, 3.63) is 121 Å². The van der Waals surface area contributed by atoms with E-state index in [1.165, 1.54) is 0 Å². The van der Waals surface area contributed by atoms with E-state index in [1.54, 1.807) is 17.5 Å². The van der Waals surface area contributed by atoms with Crippen molar-refractivity contribution in [2.24, 2.45) is 0 Å². The van der Waals surface area contributed by atoms with Crippen molar-refractivity contribution >= 4 is 31.5 Å². The third kappa shape index (κ3) is 4.68. The molecule has 0 saturated heterocycles. The van der Waals surface area contributed by atoms with Gasteiger partial charge in [0.2, 0.25) is 0 Å². The van der Waals surface area contributed by atoms with E-state index in [-0.39, 0.29) is 44.4 Å². The summed E-state index contributed by atoms with van der Waals surface area (Å²) in [4.78, 5) is 8.33. The molecule has 3 aromatic heterocycles. The summed E-state index contributed by atoms with van der Waals surface area (Å²) in [5.41, 5.74) is 3.05. The molecule has 6 rings (SSSR count). The molecule has 157 valence electrons. The fourth-order valence-corrected chi connectivity index (χ4v) is 4.54. The molecule has 3 aromatic carbocycles. The molecule has 0 N–H and O–H groups in total. The van der Waals surface area contributed by atoms with E-state index in [1.807, 2.05) is 78.9 Å². The molecule has 0 bridgehead atoms. The molecule has 0 aliphatic rings. The van der Waals surface area contributed by atoms with Crippen LogP contribution in [0, 0.1) is 6.07 Å². The summed E-state index contributed by atoms with van der Waals surface area (Å²) in [7, 11) is 0. The minimum absolute atomic E-state index is 0. The summed E-state index contributed by atoms with van der Waals surface area (Å²) in [5.74, 6) is 0. The maximum Gasteiger partial charge on any atom is 0.0840 e. The van der Waals surface area contributed by atoms with Gasteiger partial charge in [-0.15, -0.1) is 47.2 Å². The standard InChI is InChI=1S/C17H11NS.C11H8N.Ir/c1-2-9-15-13(6-1)17-12(7-5-10-16(17)19-15)14-8-3-4-11-18-14;1-2-6-10(7-3-1)11-8-4-5-9-12-11;/h1-11H;1-6,8-9H;/q;-1;/i3D,4D,8D,11D;;. The van der Waals surface area contributed by atoms with Crippen molar-refractivity contribution < 1.29 is 25.6 Å². The first-order chi connectivity index (χ1) is 17.0. The molecule has 3 heterocycles. The van der Waals surface area contributed by atoms with Crippen molar-refractivity contribution in [2.75, 3.05) is 0 Å². The van der Waals surface area contributed by atoms with Crippen molar-refractivity contribution in [3.8, 4) is 22.5 Å². The first kappa shape index (κ1) is 17.4. The molecule has 1 radical (unpaired) electrons. The Hall–Kier alpha value is -3.17. The molecule has 6 aromatic rings. The van der Waals surface area contributed by atoms with Gasteiger partial charge in [0.15, 0.2) is 0 Å². The van der Waals surface area contributed by atoms with Gasteiger partial charge in [0, 0.05) is 58.2 Å². The molecule has 4 heteroatoms. The summed E-state index contributed by atoms with van der Waals surface area (Å²) < 4.78 is 33.7. The largest absolute Gasteiger partial charge is 0.305 e. The molecule has 0 saturated carbocycles. The fourth-order valence-electron chi connectivity index (χ4n) is 3.40. The predicted octanol–water partition coefficient (Wildman–Crippen LogP) is 7.66. The number of thiophene rings is 1. The average molecular weight is 612 g/mol. The first-order valence-corrected chi connectivity index (χ1v) is 10.6. The Balaban J connectivity index is 0.000000198. The van der Waals surface area contributed by atoms with Crippen LogP contribution in [0.1, 0.15) is 5.48 Å². The topological polar surface area (TPSA) is 25.8 Å². The Morgan fingerprint density at radius 1 is 0.750 bits per heavy atom. The van der Waals surface area contributed by atoms with E-state index >= 15 is 0 Å². The summed E-state index contributed by atoms with van der Waals surface area (Å²) in [5, 5.41) is 2.07. The van der Waals surface area contributed by atoms with E-state index < -0.39 is 0 Å². The summed E-state index contributed by atoms with van der Waals surface area (Å²) in [6.07, 6.45) is 1.52. The van der Waals surface area contributed by atoms with Crippen molar-refractivity contribution in [2.45, 2.75) is 0 Å². The Bertz CT molecular complexity index is 1600. The first-order valence-electron chi connectivity index (χ1n) is 11.8. The zero-order valence-corrected chi connectivity index (χ0v) is 20.0. The number of hydrogen-bond acceptors (Lipinski definition) is 3. The molecule has 0 unspecified atom stereocenters. The van der Waals surface area contributed by atoms with Gasteiger partial charge in [0.05, 0.1) is 11.2 Å². The number of fused-ring (bicyclic) bond motifs is 3. The van der Waals surface area contributed by atoms with Gasteiger partial charge < -0.3 is 4.98 Å². The van der Waals surface area contributed by atoms with Gasteiger partial charge in [-0.05, 0) is 36.0 Å². The minimum atomic E-state index is -0.305. The SMILES string of the molecule is [2H]c1nc(-c2cccc3sc4ccccc4c23)c([2H])c([2H])c1[2H].[Ir].[c-]1ccccc1-c1ccccn1. The maximum absolute atomic E-state index is 8.16. The van der Waals surface area contributed by atoms with E-state index in [2.05, 4.69) is 22.1 Å². The normalized spacial score (nSPS) is 12.0. The van der Waals surface area contributed by atoms with Crippen LogP contribution in [-0.4, -0.2) is 9.97 Å². The Kier molecular flexibility index (Phi) is 5.67. The van der Waals surface area contributed by atoms with Gasteiger partial charge in [0.25, 0.3) is 0 Å². The van der Waals surface area contributed by atoms with E-state index in [0.29, 0.717) is 5.69 Å². The molecule has 0 amide bonds. The smallest absolute Gasteiger partial charge is 0.0840 e. The van der Waals surface area contributed by atoms with Gasteiger partial charge in [-0.3, -0.25) is 4.98 Å². The zero-order valence-electron chi connectivity index (χ0n) is 20.8. The maximum atomic E-state index is 8.16. The monoisotopic (exact) mass is 612 g/mol. The van der Waals surface area contributed by atoms with Crippen LogP contribution >= 0.6 is 11.3 Å². The van der Waals surface area contributed by atoms with E-state index in [4.69, 9.17) is 5.48 Å². The van der Waals surface area contributed by atoms with Crippen LogP contribution in [0.15, 0.2) is 115 Å². The van der Waals surface area contributed by atoms with Gasteiger partial charge in [-0.2, -0.15) is 0 Å². The average Bonchev–Trinajstić information content (AvgIpc) is 3.30. The predicted molar refractivity (Wildman–Crippen MR) is 131 cm³/mol. The Morgan fingerprint density at radius 2 is 1.59 bits per heavy atom. The van der Waals surface area contributed by atoms with Crippen LogP contribution in [0.3, 0.4) is 0 Å². The molecular weight excluding hydrogens is 589 g/mol. The molecule has 0 aliphatic carbocycles. The van der Waals surface area contributed by atoms with Crippen LogP contribution in [-0.2, 0) is 20.1 Å². The third-order valence-corrected chi connectivity index (χ3v) is 5.91. The second kappa shape index (κ2) is 10.4. The van der Waals surface area contributed by atoms with E-state index in [9.17, 15) is 0 Å². The van der Waals surface area contributed by atoms with Crippen LogP contribution in [0.4, 0.5) is 0 Å². The molecule has 32 heavy (non-hydrogen) atoms. The number of aromatic nitrogens is 2. The number of nitrogens with zero attached hydrogens (tertiary/aromatic N) is 2. The number of hydrogen-bond donors (Lipinski definition) is 0. The zero-order chi connectivity index (χ0) is 24.4. The van der Waals surface area contributed by atoms with Gasteiger partial charge in [0.1, 0.15) is 0 Å². The van der Waals surface area contributed by atoms with Gasteiger partial charge in [-0.25, -0.2) is 0 Å². The quantitative estimate of drug-likeness (QED) is 0.188. The molecular formula is C28H19IrN2S-. The van der Waals surface area contributed by atoms with Gasteiger partial charge in [-0.1, -0.05) is 48.5 Å². The van der Waals surface area contributed by atoms with Crippen LogP contribution in [0.25, 0.3) is 42.7 Å². The van der Waals surface area contributed by atoms with Crippen LogP contribution in [0.2, 0.25) is 0 Å². The fraction of sp³-hybridized carbons (Fsp3) is 0. The van der Waals surface area contributed by atoms with Crippen molar-refractivity contribution in [3.63, 3.8) is 0 Å². The molecule has 0 fully saturated rings. The Morgan fingerprint density at radius 3 is 2.44 bits per heavy atom. The van der Waals surface area contributed by atoms with E-state index in [0.717, 1.165) is 37.0 Å². The molecule has 0 aliphatic heterocycles. The number of pyridine rings is 2. The minimum Gasteiger partial charge on any atom is -0.305 e. The molecule has 2 nitrogen and oxygen atoms in total. The summed E-state index contributed by atoms with van der Waals surface area (Å²) >= 11 is 1.67. The second-order valence-corrected chi connectivity index (χ2v) is 7.80. The van der Waals surface area contributed by atoms with Gasteiger partial charge >= 0.3 is 0 Å². The van der Waals surface area contributed by atoms with Crippen LogP contribution in [0.5, 0.6) is 0 Å². The third-order valence-electron chi connectivity index (χ3n) is 4.77. The molecule has 0 spiro atoms. The van der Waals surface area contributed by atoms with Crippen molar-refractivity contribution in [1.29, 1.82) is 0 Å². The number of rotatable bonds is 2. The summed E-state index contributed by atoms with van der Waals surface area (Å²) in [6, 6.07) is 30.0.